The summed E-state index contributed by atoms with van der Waals surface area (Å²) in [5, 5.41) is 9.02. The van der Waals surface area contributed by atoms with Crippen molar-refractivity contribution in [2.45, 2.75) is 37.7 Å². The number of nitrogens with zero attached hydrogens (tertiary/aromatic N) is 5. The van der Waals surface area contributed by atoms with Crippen LogP contribution >= 0.6 is 15.9 Å². The molecule has 2 aliphatic rings. The number of halogens is 1. The van der Waals surface area contributed by atoms with Gasteiger partial charge in [-0.3, -0.25) is 4.98 Å². The van der Waals surface area contributed by atoms with Crippen LogP contribution in [0.5, 0.6) is 5.88 Å². The van der Waals surface area contributed by atoms with Crippen LogP contribution in [0.3, 0.4) is 0 Å². The van der Waals surface area contributed by atoms with Gasteiger partial charge in [0.05, 0.1) is 24.1 Å². The van der Waals surface area contributed by atoms with Gasteiger partial charge in [-0.1, -0.05) is 0 Å². The van der Waals surface area contributed by atoms with Crippen molar-refractivity contribution >= 4 is 32.7 Å². The molecular formula is C20H23BrN6O2. The molecule has 3 aromatic heterocycles. The molecule has 0 aromatic carbocycles. The Morgan fingerprint density at radius 3 is 2.72 bits per heavy atom. The van der Waals surface area contributed by atoms with Gasteiger partial charge in [-0.15, -0.1) is 10.2 Å². The predicted octanol–water partition coefficient (Wildman–Crippen LogP) is 3.45. The number of fused-ring (bicyclic) bond motifs is 1. The molecule has 0 unspecified atom stereocenters. The van der Waals surface area contributed by atoms with Crippen molar-refractivity contribution in [3.63, 3.8) is 0 Å². The average Bonchev–Trinajstić information content (AvgIpc) is 3.30. The summed E-state index contributed by atoms with van der Waals surface area (Å²) < 4.78 is 12.8. The number of aromatic nitrogens is 5. The third-order valence-corrected chi connectivity index (χ3v) is 6.14. The zero-order valence-electron chi connectivity index (χ0n) is 16.1. The molecule has 1 aliphatic heterocycles. The number of morpholine rings is 1. The number of nitrogens with one attached hydrogen (secondary N) is 1. The Bertz CT molecular complexity index is 969. The minimum atomic E-state index is 0.142. The molecule has 29 heavy (non-hydrogen) atoms. The van der Waals surface area contributed by atoms with E-state index >= 15 is 0 Å². The molecule has 9 heteroatoms. The molecule has 3 aromatic rings. The highest BCUT2D eigenvalue weighted by Gasteiger charge is 2.26. The van der Waals surface area contributed by atoms with E-state index in [1.54, 1.807) is 6.33 Å². The quantitative estimate of drug-likeness (QED) is 0.639. The summed E-state index contributed by atoms with van der Waals surface area (Å²) in [5.41, 5.74) is 0.898. The number of rotatable bonds is 4. The second-order valence-electron chi connectivity index (χ2n) is 7.57. The van der Waals surface area contributed by atoms with Crippen molar-refractivity contribution in [3.05, 3.63) is 35.0 Å². The fourth-order valence-electron chi connectivity index (χ4n) is 4.13. The first-order chi connectivity index (χ1) is 14.3. The molecule has 1 aliphatic carbocycles. The third kappa shape index (κ3) is 4.06. The monoisotopic (exact) mass is 458 g/mol. The molecule has 1 saturated heterocycles. The first-order valence-electron chi connectivity index (χ1n) is 10.1. The predicted molar refractivity (Wildman–Crippen MR) is 112 cm³/mol. The van der Waals surface area contributed by atoms with E-state index < -0.39 is 0 Å². The van der Waals surface area contributed by atoms with Gasteiger partial charge in [-0.2, -0.15) is 4.98 Å². The first kappa shape index (κ1) is 18.7. The fourth-order valence-corrected chi connectivity index (χ4v) is 4.46. The average molecular weight is 459 g/mol. The van der Waals surface area contributed by atoms with E-state index in [1.807, 2.05) is 18.3 Å². The molecule has 152 valence electrons. The Labute approximate surface area is 177 Å². The Morgan fingerprint density at radius 2 is 1.97 bits per heavy atom. The van der Waals surface area contributed by atoms with E-state index in [1.165, 1.54) is 0 Å². The maximum Gasteiger partial charge on any atom is 0.225 e. The van der Waals surface area contributed by atoms with Crippen LogP contribution in [0.1, 0.15) is 37.4 Å². The van der Waals surface area contributed by atoms with Gasteiger partial charge in [0.15, 0.2) is 0 Å². The summed E-state index contributed by atoms with van der Waals surface area (Å²) in [4.78, 5) is 14.9. The lowest BCUT2D eigenvalue weighted by molar-refractivity contribution is 0.121. The summed E-state index contributed by atoms with van der Waals surface area (Å²) in [6, 6.07) is 4.08. The van der Waals surface area contributed by atoms with Crippen molar-refractivity contribution in [1.82, 2.24) is 25.1 Å². The normalized spacial score (nSPS) is 22.7. The molecule has 5 rings (SSSR count). The molecule has 0 bridgehead atoms. The lowest BCUT2D eigenvalue weighted by atomic mass is 9.87. The molecule has 4 heterocycles. The van der Waals surface area contributed by atoms with E-state index in [9.17, 15) is 0 Å². The summed E-state index contributed by atoms with van der Waals surface area (Å²) in [5.74, 6) is 2.98. The minimum Gasteiger partial charge on any atom is -0.474 e. The zero-order chi connectivity index (χ0) is 19.6. The highest BCUT2D eigenvalue weighted by Crippen LogP contribution is 2.35. The Kier molecular flexibility index (Phi) is 5.32. The van der Waals surface area contributed by atoms with Crippen molar-refractivity contribution in [3.8, 4) is 5.88 Å². The fraction of sp³-hybridized carbons (Fsp3) is 0.500. The van der Waals surface area contributed by atoms with Gasteiger partial charge < -0.3 is 19.4 Å². The number of anilines is 1. The molecule has 0 radical (unpaired) electrons. The number of aromatic amines is 1. The van der Waals surface area contributed by atoms with Crippen LogP contribution in [-0.4, -0.2) is 57.6 Å². The van der Waals surface area contributed by atoms with E-state index in [4.69, 9.17) is 14.5 Å². The molecule has 0 amide bonds. The van der Waals surface area contributed by atoms with Crippen LogP contribution in [0.4, 0.5) is 5.82 Å². The standard InChI is InChI=1S/C20H23BrN6O2/c21-14-9-16-17(22-11-14)10-18(27-5-7-28-8-6-27)25-20(16)29-15-3-1-13(2-4-15)19-23-12-24-26-19/h9-13,15H,1-8H2,(H,23,24,26)/t13-,15+. The van der Waals surface area contributed by atoms with Crippen LogP contribution in [0.25, 0.3) is 10.9 Å². The van der Waals surface area contributed by atoms with Crippen LogP contribution in [-0.2, 0) is 4.74 Å². The van der Waals surface area contributed by atoms with Crippen molar-refractivity contribution in [2.24, 2.45) is 0 Å². The van der Waals surface area contributed by atoms with Crippen LogP contribution in [0.2, 0.25) is 0 Å². The van der Waals surface area contributed by atoms with E-state index in [2.05, 4.69) is 41.0 Å². The molecule has 8 nitrogen and oxygen atoms in total. The van der Waals surface area contributed by atoms with Gasteiger partial charge in [-0.05, 0) is 47.7 Å². The third-order valence-electron chi connectivity index (χ3n) is 5.71. The highest BCUT2D eigenvalue weighted by atomic mass is 79.9. The largest absolute Gasteiger partial charge is 0.474 e. The van der Waals surface area contributed by atoms with Crippen LogP contribution < -0.4 is 9.64 Å². The Hall–Kier alpha value is -2.26. The molecule has 0 atom stereocenters. The number of ether oxygens (including phenoxy) is 2. The lowest BCUT2D eigenvalue weighted by Gasteiger charge is -2.30. The maximum absolute atomic E-state index is 6.44. The van der Waals surface area contributed by atoms with Crippen LogP contribution in [0.15, 0.2) is 29.1 Å². The summed E-state index contributed by atoms with van der Waals surface area (Å²) >= 11 is 3.53. The van der Waals surface area contributed by atoms with Crippen LogP contribution in [0, 0.1) is 0 Å². The van der Waals surface area contributed by atoms with Gasteiger partial charge in [0.25, 0.3) is 0 Å². The van der Waals surface area contributed by atoms with E-state index in [0.717, 1.165) is 79.0 Å². The molecule has 1 N–H and O–H groups in total. The number of pyridine rings is 2. The van der Waals surface area contributed by atoms with Crippen molar-refractivity contribution < 1.29 is 9.47 Å². The topological polar surface area (TPSA) is 89.1 Å². The number of hydrogen-bond donors (Lipinski definition) is 1. The SMILES string of the molecule is Brc1cnc2cc(N3CCOCC3)nc(O[C@H]3CC[C@@H](c4nnc[nH]4)CC3)c2c1. The number of hydrogen-bond acceptors (Lipinski definition) is 7. The second kappa shape index (κ2) is 8.23. The molecule has 2 fully saturated rings. The van der Waals surface area contributed by atoms with Crippen molar-refractivity contribution in [1.29, 1.82) is 0 Å². The van der Waals surface area contributed by atoms with Gasteiger partial charge in [-0.25, -0.2) is 0 Å². The van der Waals surface area contributed by atoms with E-state index in [0.29, 0.717) is 11.8 Å². The minimum absolute atomic E-state index is 0.142. The second-order valence-corrected chi connectivity index (χ2v) is 8.49. The van der Waals surface area contributed by atoms with Gasteiger partial charge >= 0.3 is 0 Å². The zero-order valence-corrected chi connectivity index (χ0v) is 17.6. The Balaban J connectivity index is 1.38. The van der Waals surface area contributed by atoms with Gasteiger partial charge in [0.2, 0.25) is 5.88 Å². The maximum atomic E-state index is 6.44. The number of H-pyrrole nitrogens is 1. The Morgan fingerprint density at radius 1 is 1.14 bits per heavy atom. The van der Waals surface area contributed by atoms with Gasteiger partial charge in [0, 0.05) is 35.7 Å². The first-order valence-corrected chi connectivity index (χ1v) is 10.9. The smallest absolute Gasteiger partial charge is 0.225 e. The van der Waals surface area contributed by atoms with E-state index in [-0.39, 0.29) is 6.10 Å². The molecule has 1 saturated carbocycles. The van der Waals surface area contributed by atoms with Gasteiger partial charge in [0.1, 0.15) is 24.1 Å². The summed E-state index contributed by atoms with van der Waals surface area (Å²) in [6.07, 6.45) is 7.61. The highest BCUT2D eigenvalue weighted by molar-refractivity contribution is 9.10. The van der Waals surface area contributed by atoms with Crippen molar-refractivity contribution in [2.75, 3.05) is 31.2 Å². The molecule has 0 spiro atoms. The summed E-state index contributed by atoms with van der Waals surface area (Å²) in [7, 11) is 0. The lowest BCUT2D eigenvalue weighted by Crippen LogP contribution is -2.36. The summed E-state index contributed by atoms with van der Waals surface area (Å²) in [6.45, 7) is 3.10. The molecular weight excluding hydrogens is 436 g/mol.